The molecule has 4 heteroatoms. The number of aromatic nitrogens is 2. The molecular weight excluding hydrogens is 174 g/mol. The van der Waals surface area contributed by atoms with Gasteiger partial charge in [0.1, 0.15) is 5.82 Å². The van der Waals surface area contributed by atoms with Crippen LogP contribution in [0, 0.1) is 12.0 Å². The molecule has 0 spiro atoms. The zero-order valence-corrected chi connectivity index (χ0v) is 7.74. The summed E-state index contributed by atoms with van der Waals surface area (Å²) in [5.74, 6) is -0.251. The van der Waals surface area contributed by atoms with Crippen molar-refractivity contribution >= 4 is 0 Å². The average Bonchev–Trinajstić information content (AvgIpc) is 2.20. The maximum Gasteiger partial charge on any atom is 1.00 e. The maximum atomic E-state index is 12.6. The molecule has 2 nitrogen and oxygen atoms in total. The fourth-order valence-corrected chi connectivity index (χ4v) is 1.03. The molecule has 0 fully saturated rings. The Labute approximate surface area is 93.4 Å². The number of hydrogen-bond donors (Lipinski definition) is 0. The van der Waals surface area contributed by atoms with E-state index in [1.807, 2.05) is 0 Å². The van der Waals surface area contributed by atoms with E-state index >= 15 is 0 Å². The molecule has 1 aromatic heterocycles. The second-order valence-electron chi connectivity index (χ2n) is 2.54. The van der Waals surface area contributed by atoms with Gasteiger partial charge in [0.15, 0.2) is 0 Å². The molecule has 0 amide bonds. The largest absolute Gasteiger partial charge is 1.00 e. The van der Waals surface area contributed by atoms with Crippen LogP contribution in [0.15, 0.2) is 36.7 Å². The fraction of sp³-hybridized carbons (Fsp3) is 0. The van der Waals surface area contributed by atoms with Gasteiger partial charge in [-0.25, -0.2) is 4.39 Å². The van der Waals surface area contributed by atoms with E-state index < -0.39 is 0 Å². The van der Waals surface area contributed by atoms with Crippen molar-refractivity contribution in [3.63, 3.8) is 0 Å². The van der Waals surface area contributed by atoms with Crippen LogP contribution in [0.5, 0.6) is 0 Å². The van der Waals surface area contributed by atoms with Crippen LogP contribution in [0.3, 0.4) is 0 Å². The summed E-state index contributed by atoms with van der Waals surface area (Å²) in [6.07, 6.45) is 5.65. The quantitative estimate of drug-likeness (QED) is 0.419. The van der Waals surface area contributed by atoms with Crippen LogP contribution in [0.25, 0.3) is 11.3 Å². The van der Waals surface area contributed by atoms with Gasteiger partial charge in [-0.3, -0.25) is 4.98 Å². The van der Waals surface area contributed by atoms with E-state index in [9.17, 15) is 4.39 Å². The Hall–Kier alpha value is -1.17. The molecule has 0 saturated carbocycles. The summed E-state index contributed by atoms with van der Waals surface area (Å²) in [5.41, 5.74) is 1.57. The van der Waals surface area contributed by atoms with Gasteiger partial charge in [0.05, 0.1) is 0 Å². The minimum absolute atomic E-state index is 0. The van der Waals surface area contributed by atoms with Gasteiger partial charge in [0.25, 0.3) is 0 Å². The zero-order chi connectivity index (χ0) is 9.10. The molecule has 0 aliphatic carbocycles. The van der Waals surface area contributed by atoms with Crippen molar-refractivity contribution in [3.05, 3.63) is 48.7 Å². The van der Waals surface area contributed by atoms with E-state index in [0.29, 0.717) is 0 Å². The van der Waals surface area contributed by atoms with Crippen LogP contribution < -0.4 is 18.9 Å². The first-order chi connectivity index (χ1) is 6.36. The molecule has 2 rings (SSSR count). The minimum Gasteiger partial charge on any atom is -0.455 e. The Morgan fingerprint density at radius 1 is 1.14 bits per heavy atom. The van der Waals surface area contributed by atoms with E-state index in [-0.39, 0.29) is 24.7 Å². The molecule has 0 saturated heterocycles. The minimum atomic E-state index is -0.251. The first kappa shape index (κ1) is 10.9. The summed E-state index contributed by atoms with van der Waals surface area (Å²) < 4.78 is 12.6. The van der Waals surface area contributed by atoms with Gasteiger partial charge < -0.3 is 4.98 Å². The Kier molecular flexibility index (Phi) is 3.81. The third-order valence-corrected chi connectivity index (χ3v) is 1.66. The molecule has 0 radical (unpaired) electrons. The summed E-state index contributed by atoms with van der Waals surface area (Å²) in [4.78, 5) is 7.84. The molecule has 1 heterocycles. The van der Waals surface area contributed by atoms with Crippen LogP contribution in [-0.4, -0.2) is 9.97 Å². The molecule has 0 N–H and O–H groups in total. The van der Waals surface area contributed by atoms with Crippen LogP contribution in [0.4, 0.5) is 4.39 Å². The molecule has 0 aliphatic heterocycles. The predicted octanol–water partition coefficient (Wildman–Crippen LogP) is -0.913. The summed E-state index contributed by atoms with van der Waals surface area (Å²) in [7, 11) is 0. The monoisotopic (exact) mass is 180 g/mol. The molecule has 64 valence electrons. The second-order valence-corrected chi connectivity index (χ2v) is 2.54. The van der Waals surface area contributed by atoms with Gasteiger partial charge in [0, 0.05) is 5.69 Å². The Morgan fingerprint density at radius 3 is 2.43 bits per heavy atom. The summed E-state index contributed by atoms with van der Waals surface area (Å²) in [6.45, 7) is 0. The molecule has 1 aromatic carbocycles. The van der Waals surface area contributed by atoms with Crippen molar-refractivity contribution in [1.29, 1.82) is 0 Å². The molecule has 0 unspecified atom stereocenters. The van der Waals surface area contributed by atoms with Crippen molar-refractivity contribution in [2.75, 3.05) is 0 Å². The first-order valence-electron chi connectivity index (χ1n) is 3.80. The summed E-state index contributed by atoms with van der Waals surface area (Å²) in [6, 6.07) is 6.13. The normalized spacial score (nSPS) is 9.21. The molecule has 0 aliphatic rings. The SMILES string of the molecule is Fc1ccc(-c2cn[c-]cn2)cc1.[Li+]. The Morgan fingerprint density at radius 2 is 1.86 bits per heavy atom. The number of rotatable bonds is 1. The van der Waals surface area contributed by atoms with Gasteiger partial charge in [-0.1, -0.05) is 12.1 Å². The van der Waals surface area contributed by atoms with Crippen molar-refractivity contribution in [2.24, 2.45) is 0 Å². The first-order valence-corrected chi connectivity index (χ1v) is 3.80. The van der Waals surface area contributed by atoms with E-state index in [2.05, 4.69) is 16.2 Å². The van der Waals surface area contributed by atoms with E-state index in [4.69, 9.17) is 0 Å². The number of benzene rings is 1. The second kappa shape index (κ2) is 4.90. The molecular formula is C10H6FLiN2. The Balaban J connectivity index is 0.000000980. The average molecular weight is 180 g/mol. The van der Waals surface area contributed by atoms with Crippen molar-refractivity contribution < 1.29 is 23.3 Å². The van der Waals surface area contributed by atoms with Crippen LogP contribution in [0.2, 0.25) is 0 Å². The summed E-state index contributed by atoms with van der Waals surface area (Å²) in [5, 5.41) is 0. The summed E-state index contributed by atoms with van der Waals surface area (Å²) >= 11 is 0. The van der Waals surface area contributed by atoms with Gasteiger partial charge in [-0.2, -0.15) is 0 Å². The smallest absolute Gasteiger partial charge is 0.455 e. The third kappa shape index (κ3) is 2.41. The van der Waals surface area contributed by atoms with Gasteiger partial charge in [-0.05, 0) is 23.9 Å². The van der Waals surface area contributed by atoms with Crippen LogP contribution in [-0.2, 0) is 0 Å². The van der Waals surface area contributed by atoms with E-state index in [0.717, 1.165) is 11.3 Å². The number of nitrogens with zero attached hydrogens (tertiary/aromatic N) is 2. The number of halogens is 1. The van der Waals surface area contributed by atoms with Gasteiger partial charge in [-0.15, -0.1) is 12.4 Å². The Bertz CT molecular complexity index is 389. The van der Waals surface area contributed by atoms with E-state index in [1.165, 1.54) is 18.3 Å². The molecule has 2 aromatic rings. The van der Waals surface area contributed by atoms with Gasteiger partial charge in [0.2, 0.25) is 0 Å². The molecule has 0 atom stereocenters. The topological polar surface area (TPSA) is 25.8 Å². The van der Waals surface area contributed by atoms with E-state index in [1.54, 1.807) is 18.3 Å². The van der Waals surface area contributed by atoms with Crippen molar-refractivity contribution in [3.8, 4) is 11.3 Å². The number of hydrogen-bond acceptors (Lipinski definition) is 2. The third-order valence-electron chi connectivity index (χ3n) is 1.66. The maximum absolute atomic E-state index is 12.6. The van der Waals surface area contributed by atoms with Gasteiger partial charge >= 0.3 is 18.9 Å². The van der Waals surface area contributed by atoms with Crippen LogP contribution in [0.1, 0.15) is 0 Å². The van der Waals surface area contributed by atoms with Crippen molar-refractivity contribution in [1.82, 2.24) is 9.97 Å². The fourth-order valence-electron chi connectivity index (χ4n) is 1.03. The predicted molar refractivity (Wildman–Crippen MR) is 46.3 cm³/mol. The zero-order valence-electron chi connectivity index (χ0n) is 7.74. The van der Waals surface area contributed by atoms with Crippen LogP contribution >= 0.6 is 0 Å². The standard InChI is InChI=1S/C10H6FN2.Li/c11-9-3-1-8(2-4-9)10-7-12-5-6-13-10;/h1-4,6-7H;/q-1;+1. The van der Waals surface area contributed by atoms with Crippen molar-refractivity contribution in [2.45, 2.75) is 0 Å². The molecule has 0 bridgehead atoms. The molecule has 14 heavy (non-hydrogen) atoms.